The minimum absolute atomic E-state index is 0. The number of likely N-dealkylation sites (tertiary alicyclic amines) is 1. The Morgan fingerprint density at radius 3 is 2.32 bits per heavy atom. The number of guanidine groups is 1. The summed E-state index contributed by atoms with van der Waals surface area (Å²) in [6.07, 6.45) is 5.48. The first kappa shape index (κ1) is 18.9. The maximum Gasteiger partial charge on any atom is 0.191 e. The van der Waals surface area contributed by atoms with Gasteiger partial charge >= 0.3 is 0 Å². The van der Waals surface area contributed by atoms with Crippen molar-refractivity contribution in [1.29, 1.82) is 0 Å². The number of aliphatic imine (C=N–C) groups is 1. The van der Waals surface area contributed by atoms with Crippen LogP contribution in [0.15, 0.2) is 4.99 Å². The molecule has 1 saturated heterocycles. The van der Waals surface area contributed by atoms with Crippen molar-refractivity contribution >= 4 is 29.9 Å². The summed E-state index contributed by atoms with van der Waals surface area (Å²) in [5, 5.41) is 6.55. The average Bonchev–Trinajstić information content (AvgIpc) is 2.66. The van der Waals surface area contributed by atoms with E-state index >= 15 is 0 Å². The van der Waals surface area contributed by atoms with E-state index in [4.69, 9.17) is 4.74 Å². The van der Waals surface area contributed by atoms with Gasteiger partial charge in [0.2, 0.25) is 0 Å². The van der Waals surface area contributed by atoms with Crippen LogP contribution in [0.25, 0.3) is 0 Å². The van der Waals surface area contributed by atoms with Crippen LogP contribution in [-0.4, -0.2) is 64.3 Å². The molecule has 0 aromatic carbocycles. The topological polar surface area (TPSA) is 48.9 Å². The fourth-order valence-electron chi connectivity index (χ4n) is 2.18. The second kappa shape index (κ2) is 12.9. The zero-order chi connectivity index (χ0) is 13.1. The van der Waals surface area contributed by atoms with E-state index < -0.39 is 0 Å². The molecule has 1 rings (SSSR count). The smallest absolute Gasteiger partial charge is 0.191 e. The van der Waals surface area contributed by atoms with E-state index in [0.29, 0.717) is 6.61 Å². The maximum atomic E-state index is 5.00. The maximum absolute atomic E-state index is 5.00. The van der Waals surface area contributed by atoms with Crippen LogP contribution >= 0.6 is 24.0 Å². The largest absolute Gasteiger partial charge is 0.383 e. The van der Waals surface area contributed by atoms with Gasteiger partial charge in [0.05, 0.1) is 6.61 Å². The van der Waals surface area contributed by atoms with E-state index in [1.807, 2.05) is 0 Å². The van der Waals surface area contributed by atoms with Crippen LogP contribution in [0.1, 0.15) is 25.7 Å². The van der Waals surface area contributed by atoms with Crippen LogP contribution in [0, 0.1) is 0 Å². The molecule has 114 valence electrons. The Labute approximate surface area is 134 Å². The molecule has 6 heteroatoms. The molecule has 1 aliphatic rings. The average molecular weight is 384 g/mol. The Balaban J connectivity index is 0.00000324. The summed E-state index contributed by atoms with van der Waals surface area (Å²) in [6, 6.07) is 0. The fourth-order valence-corrected chi connectivity index (χ4v) is 2.18. The van der Waals surface area contributed by atoms with Crippen LogP contribution in [0.3, 0.4) is 0 Å². The number of hydrogen-bond donors (Lipinski definition) is 2. The van der Waals surface area contributed by atoms with Crippen molar-refractivity contribution in [1.82, 2.24) is 15.5 Å². The predicted molar refractivity (Wildman–Crippen MR) is 91.6 cm³/mol. The van der Waals surface area contributed by atoms with Gasteiger partial charge in [0.15, 0.2) is 5.96 Å². The summed E-state index contributed by atoms with van der Waals surface area (Å²) >= 11 is 0. The third kappa shape index (κ3) is 9.45. The quantitative estimate of drug-likeness (QED) is 0.314. The van der Waals surface area contributed by atoms with Gasteiger partial charge in [-0.3, -0.25) is 4.99 Å². The van der Waals surface area contributed by atoms with Crippen molar-refractivity contribution < 1.29 is 4.74 Å². The SMILES string of the molecule is CN=C(NCCOC)NCCN1CCCCCC1.I. The highest BCUT2D eigenvalue weighted by molar-refractivity contribution is 14.0. The number of nitrogens with zero attached hydrogens (tertiary/aromatic N) is 2. The van der Waals surface area contributed by atoms with Gasteiger partial charge in [-0.05, 0) is 25.9 Å². The first-order valence-corrected chi connectivity index (χ1v) is 7.02. The monoisotopic (exact) mass is 384 g/mol. The first-order chi connectivity index (χ1) is 8.86. The third-order valence-electron chi connectivity index (χ3n) is 3.24. The van der Waals surface area contributed by atoms with Crippen LogP contribution in [0.4, 0.5) is 0 Å². The van der Waals surface area contributed by atoms with Crippen molar-refractivity contribution in [2.45, 2.75) is 25.7 Å². The molecular weight excluding hydrogens is 355 g/mol. The molecule has 1 aliphatic heterocycles. The molecule has 0 aromatic heterocycles. The second-order valence-electron chi connectivity index (χ2n) is 4.67. The molecule has 0 unspecified atom stereocenters. The molecule has 0 atom stereocenters. The van der Waals surface area contributed by atoms with E-state index in [-0.39, 0.29) is 24.0 Å². The second-order valence-corrected chi connectivity index (χ2v) is 4.67. The Hall–Kier alpha value is -0.0800. The third-order valence-corrected chi connectivity index (χ3v) is 3.24. The summed E-state index contributed by atoms with van der Waals surface area (Å²) in [4.78, 5) is 6.73. The Kier molecular flexibility index (Phi) is 12.9. The molecule has 0 bridgehead atoms. The highest BCUT2D eigenvalue weighted by atomic mass is 127. The van der Waals surface area contributed by atoms with E-state index in [1.54, 1.807) is 14.2 Å². The molecule has 19 heavy (non-hydrogen) atoms. The van der Waals surface area contributed by atoms with Crippen molar-refractivity contribution in [2.24, 2.45) is 4.99 Å². The number of ether oxygens (including phenoxy) is 1. The Bertz CT molecular complexity index is 231. The summed E-state index contributed by atoms with van der Waals surface area (Å²) in [7, 11) is 3.51. The van der Waals surface area contributed by atoms with Gasteiger partial charge in [0, 0.05) is 33.8 Å². The standard InChI is InChI=1S/C13H28N4O.HI/c1-14-13(16-8-12-18-2)15-7-11-17-9-5-3-4-6-10-17;/h3-12H2,1-2H3,(H2,14,15,16);1H. The predicted octanol–water partition coefficient (Wildman–Crippen LogP) is 1.29. The van der Waals surface area contributed by atoms with Crippen LogP contribution in [0.2, 0.25) is 0 Å². The zero-order valence-corrected chi connectivity index (χ0v) is 14.6. The highest BCUT2D eigenvalue weighted by Crippen LogP contribution is 2.08. The lowest BCUT2D eigenvalue weighted by Crippen LogP contribution is -2.42. The number of halogens is 1. The molecule has 1 heterocycles. The lowest BCUT2D eigenvalue weighted by molar-refractivity contribution is 0.203. The van der Waals surface area contributed by atoms with Crippen molar-refractivity contribution in [3.63, 3.8) is 0 Å². The minimum Gasteiger partial charge on any atom is -0.383 e. The van der Waals surface area contributed by atoms with Crippen molar-refractivity contribution in [2.75, 3.05) is 53.5 Å². The molecule has 0 radical (unpaired) electrons. The summed E-state index contributed by atoms with van der Waals surface area (Å²) < 4.78 is 5.00. The molecule has 5 nitrogen and oxygen atoms in total. The summed E-state index contributed by atoms with van der Waals surface area (Å²) in [5.74, 6) is 0.863. The molecule has 0 saturated carbocycles. The number of hydrogen-bond acceptors (Lipinski definition) is 3. The Morgan fingerprint density at radius 1 is 1.11 bits per heavy atom. The molecular formula is C13H29IN4O. The lowest BCUT2D eigenvalue weighted by atomic mass is 10.2. The van der Waals surface area contributed by atoms with Gasteiger partial charge in [-0.2, -0.15) is 0 Å². The number of rotatable bonds is 6. The molecule has 1 fully saturated rings. The zero-order valence-electron chi connectivity index (χ0n) is 12.3. The van der Waals surface area contributed by atoms with Crippen LogP contribution in [0.5, 0.6) is 0 Å². The Morgan fingerprint density at radius 2 is 1.74 bits per heavy atom. The van der Waals surface area contributed by atoms with Gasteiger partial charge in [-0.1, -0.05) is 12.8 Å². The van der Waals surface area contributed by atoms with E-state index in [1.165, 1.54) is 38.8 Å². The lowest BCUT2D eigenvalue weighted by Gasteiger charge is -2.20. The van der Waals surface area contributed by atoms with Crippen LogP contribution < -0.4 is 10.6 Å². The van der Waals surface area contributed by atoms with E-state index in [0.717, 1.165) is 25.6 Å². The molecule has 0 amide bonds. The van der Waals surface area contributed by atoms with Crippen molar-refractivity contribution in [3.8, 4) is 0 Å². The van der Waals surface area contributed by atoms with Gasteiger partial charge in [-0.15, -0.1) is 24.0 Å². The number of nitrogens with one attached hydrogen (secondary N) is 2. The normalized spacial score (nSPS) is 17.5. The van der Waals surface area contributed by atoms with Gasteiger partial charge in [0.25, 0.3) is 0 Å². The fraction of sp³-hybridized carbons (Fsp3) is 0.923. The summed E-state index contributed by atoms with van der Waals surface area (Å²) in [6.45, 7) is 6.04. The molecule has 0 spiro atoms. The molecule has 2 N–H and O–H groups in total. The van der Waals surface area contributed by atoms with E-state index in [2.05, 4.69) is 20.5 Å². The summed E-state index contributed by atoms with van der Waals surface area (Å²) in [5.41, 5.74) is 0. The molecule has 0 aliphatic carbocycles. The minimum atomic E-state index is 0. The van der Waals surface area contributed by atoms with Crippen molar-refractivity contribution in [3.05, 3.63) is 0 Å². The van der Waals surface area contributed by atoms with Gasteiger partial charge in [-0.25, -0.2) is 0 Å². The van der Waals surface area contributed by atoms with E-state index in [9.17, 15) is 0 Å². The van der Waals surface area contributed by atoms with Gasteiger partial charge < -0.3 is 20.3 Å². The first-order valence-electron chi connectivity index (χ1n) is 7.02. The van der Waals surface area contributed by atoms with Gasteiger partial charge in [0.1, 0.15) is 0 Å². The highest BCUT2D eigenvalue weighted by Gasteiger charge is 2.08. The van der Waals surface area contributed by atoms with Crippen LogP contribution in [-0.2, 0) is 4.74 Å². The molecule has 0 aromatic rings. The number of methoxy groups -OCH3 is 1.